The quantitative estimate of drug-likeness (QED) is 0.804. The monoisotopic (exact) mass is 235 g/mol. The second-order valence-electron chi connectivity index (χ2n) is 4.51. The molecule has 0 saturated heterocycles. The van der Waals surface area contributed by atoms with Gasteiger partial charge in [-0.3, -0.25) is 4.79 Å². The standard InChI is InChI=1S/C13H17NO3/c1-9(6-13(15)14(2)3)10-4-5-11-12(7-10)17-8-16-11/h4-5,7,9H,6,8H2,1-3H3. The first-order valence-electron chi connectivity index (χ1n) is 5.67. The average Bonchev–Trinajstić information content (AvgIpc) is 2.75. The van der Waals surface area contributed by atoms with Crippen molar-refractivity contribution in [3.05, 3.63) is 23.8 Å². The molecular weight excluding hydrogens is 218 g/mol. The molecule has 4 nitrogen and oxygen atoms in total. The van der Waals surface area contributed by atoms with Crippen molar-refractivity contribution < 1.29 is 14.3 Å². The third kappa shape index (κ3) is 2.52. The molecule has 1 amide bonds. The van der Waals surface area contributed by atoms with Gasteiger partial charge >= 0.3 is 0 Å². The highest BCUT2D eigenvalue weighted by Gasteiger charge is 2.17. The van der Waals surface area contributed by atoms with Gasteiger partial charge in [-0.25, -0.2) is 0 Å². The second kappa shape index (κ2) is 4.65. The molecule has 1 aromatic carbocycles. The number of amides is 1. The lowest BCUT2D eigenvalue weighted by atomic mass is 9.97. The summed E-state index contributed by atoms with van der Waals surface area (Å²) in [5.74, 6) is 1.86. The predicted octanol–water partition coefficient (Wildman–Crippen LogP) is 2.00. The van der Waals surface area contributed by atoms with E-state index in [-0.39, 0.29) is 18.6 Å². The van der Waals surface area contributed by atoms with Gasteiger partial charge in [0, 0.05) is 20.5 Å². The van der Waals surface area contributed by atoms with Crippen molar-refractivity contribution in [2.75, 3.05) is 20.9 Å². The molecule has 2 rings (SSSR count). The van der Waals surface area contributed by atoms with Crippen molar-refractivity contribution in [3.8, 4) is 11.5 Å². The maximum Gasteiger partial charge on any atom is 0.231 e. The Kier molecular flexibility index (Phi) is 3.22. The van der Waals surface area contributed by atoms with E-state index in [9.17, 15) is 4.79 Å². The Bertz CT molecular complexity index is 429. The van der Waals surface area contributed by atoms with Gasteiger partial charge in [-0.1, -0.05) is 13.0 Å². The van der Waals surface area contributed by atoms with Crippen LogP contribution in [-0.2, 0) is 4.79 Å². The minimum atomic E-state index is 0.134. The van der Waals surface area contributed by atoms with Crippen molar-refractivity contribution >= 4 is 5.91 Å². The molecule has 0 aliphatic carbocycles. The van der Waals surface area contributed by atoms with Crippen molar-refractivity contribution in [1.82, 2.24) is 4.90 Å². The van der Waals surface area contributed by atoms with E-state index in [1.165, 1.54) is 0 Å². The van der Waals surface area contributed by atoms with Gasteiger partial charge in [0.25, 0.3) is 0 Å². The Morgan fingerprint density at radius 3 is 2.76 bits per heavy atom. The number of carbonyl (C=O) groups excluding carboxylic acids is 1. The van der Waals surface area contributed by atoms with E-state index in [4.69, 9.17) is 9.47 Å². The highest BCUT2D eigenvalue weighted by atomic mass is 16.7. The maximum absolute atomic E-state index is 11.6. The molecule has 0 radical (unpaired) electrons. The van der Waals surface area contributed by atoms with Crippen molar-refractivity contribution in [2.45, 2.75) is 19.3 Å². The molecule has 1 heterocycles. The smallest absolute Gasteiger partial charge is 0.231 e. The number of hydrogen-bond acceptors (Lipinski definition) is 3. The molecule has 1 aliphatic heterocycles. The number of nitrogens with zero attached hydrogens (tertiary/aromatic N) is 1. The van der Waals surface area contributed by atoms with Gasteiger partial charge in [0.15, 0.2) is 11.5 Å². The van der Waals surface area contributed by atoms with E-state index in [0.717, 1.165) is 17.1 Å². The maximum atomic E-state index is 11.6. The Labute approximate surface area is 101 Å². The van der Waals surface area contributed by atoms with Gasteiger partial charge < -0.3 is 14.4 Å². The molecule has 4 heteroatoms. The molecule has 1 aromatic rings. The summed E-state index contributed by atoms with van der Waals surface area (Å²) in [5, 5.41) is 0. The number of hydrogen-bond donors (Lipinski definition) is 0. The normalized spacial score (nSPS) is 14.5. The molecule has 0 aromatic heterocycles. The summed E-state index contributed by atoms with van der Waals surface area (Å²) in [6.45, 7) is 2.32. The highest BCUT2D eigenvalue weighted by Crippen LogP contribution is 2.35. The van der Waals surface area contributed by atoms with Crippen LogP contribution in [0.5, 0.6) is 11.5 Å². The molecule has 1 atom stereocenters. The van der Waals surface area contributed by atoms with Crippen LogP contribution in [0.25, 0.3) is 0 Å². The predicted molar refractivity (Wildman–Crippen MR) is 64.3 cm³/mol. The summed E-state index contributed by atoms with van der Waals surface area (Å²) in [6, 6.07) is 5.84. The molecule has 17 heavy (non-hydrogen) atoms. The number of ether oxygens (including phenoxy) is 2. The lowest BCUT2D eigenvalue weighted by Crippen LogP contribution is -2.22. The first-order valence-corrected chi connectivity index (χ1v) is 5.67. The van der Waals surface area contributed by atoms with Crippen LogP contribution in [-0.4, -0.2) is 31.7 Å². The van der Waals surface area contributed by atoms with Crippen LogP contribution < -0.4 is 9.47 Å². The Morgan fingerprint density at radius 2 is 2.06 bits per heavy atom. The summed E-state index contributed by atoms with van der Waals surface area (Å²) < 4.78 is 10.6. The molecule has 1 unspecified atom stereocenters. The fourth-order valence-electron chi connectivity index (χ4n) is 1.78. The summed E-state index contributed by atoms with van der Waals surface area (Å²) in [4.78, 5) is 13.2. The van der Waals surface area contributed by atoms with E-state index >= 15 is 0 Å². The van der Waals surface area contributed by atoms with Crippen LogP contribution in [0.3, 0.4) is 0 Å². The SMILES string of the molecule is CC(CC(=O)N(C)C)c1ccc2c(c1)OCO2. The minimum Gasteiger partial charge on any atom is -0.454 e. The van der Waals surface area contributed by atoms with E-state index < -0.39 is 0 Å². The fourth-order valence-corrected chi connectivity index (χ4v) is 1.78. The molecule has 0 spiro atoms. The number of benzene rings is 1. The molecule has 0 bridgehead atoms. The first-order chi connectivity index (χ1) is 8.08. The largest absolute Gasteiger partial charge is 0.454 e. The zero-order valence-electron chi connectivity index (χ0n) is 10.4. The zero-order valence-corrected chi connectivity index (χ0v) is 10.4. The van der Waals surface area contributed by atoms with Crippen LogP contribution in [0.4, 0.5) is 0 Å². The number of rotatable bonds is 3. The van der Waals surface area contributed by atoms with Crippen LogP contribution in [0.15, 0.2) is 18.2 Å². The molecule has 1 aliphatic rings. The summed E-state index contributed by atoms with van der Waals surface area (Å²) in [6.07, 6.45) is 0.507. The lowest BCUT2D eigenvalue weighted by Gasteiger charge is -2.15. The second-order valence-corrected chi connectivity index (χ2v) is 4.51. The highest BCUT2D eigenvalue weighted by molar-refractivity contribution is 5.76. The zero-order chi connectivity index (χ0) is 12.4. The average molecular weight is 235 g/mol. The van der Waals surface area contributed by atoms with Crippen LogP contribution in [0.2, 0.25) is 0 Å². The summed E-state index contributed by atoms with van der Waals surface area (Å²) in [7, 11) is 3.55. The van der Waals surface area contributed by atoms with Crippen molar-refractivity contribution in [2.24, 2.45) is 0 Å². The van der Waals surface area contributed by atoms with Crippen LogP contribution >= 0.6 is 0 Å². The molecule has 0 N–H and O–H groups in total. The topological polar surface area (TPSA) is 38.8 Å². The number of carbonyl (C=O) groups is 1. The third-order valence-electron chi connectivity index (χ3n) is 2.95. The van der Waals surface area contributed by atoms with Crippen LogP contribution in [0, 0.1) is 0 Å². The summed E-state index contributed by atoms with van der Waals surface area (Å²) in [5.41, 5.74) is 1.10. The fraction of sp³-hybridized carbons (Fsp3) is 0.462. The first kappa shape index (κ1) is 11.8. The molecule has 0 fully saturated rings. The Balaban J connectivity index is 2.09. The van der Waals surface area contributed by atoms with E-state index in [0.29, 0.717) is 6.42 Å². The molecular formula is C13H17NO3. The Morgan fingerprint density at radius 1 is 1.35 bits per heavy atom. The third-order valence-corrected chi connectivity index (χ3v) is 2.95. The van der Waals surface area contributed by atoms with Crippen molar-refractivity contribution in [1.29, 1.82) is 0 Å². The van der Waals surface area contributed by atoms with Gasteiger partial charge in [-0.05, 0) is 23.6 Å². The van der Waals surface area contributed by atoms with E-state index in [1.54, 1.807) is 19.0 Å². The van der Waals surface area contributed by atoms with Gasteiger partial charge in [-0.2, -0.15) is 0 Å². The molecule has 92 valence electrons. The summed E-state index contributed by atoms with van der Waals surface area (Å²) >= 11 is 0. The van der Waals surface area contributed by atoms with Gasteiger partial charge in [0.2, 0.25) is 12.7 Å². The minimum absolute atomic E-state index is 0.134. The van der Waals surface area contributed by atoms with Gasteiger partial charge in [0.05, 0.1) is 0 Å². The lowest BCUT2D eigenvalue weighted by molar-refractivity contribution is -0.129. The number of fused-ring (bicyclic) bond motifs is 1. The Hall–Kier alpha value is -1.71. The van der Waals surface area contributed by atoms with E-state index in [2.05, 4.69) is 0 Å². The van der Waals surface area contributed by atoms with Gasteiger partial charge in [0.1, 0.15) is 0 Å². The van der Waals surface area contributed by atoms with Gasteiger partial charge in [-0.15, -0.1) is 0 Å². The van der Waals surface area contributed by atoms with E-state index in [1.807, 2.05) is 25.1 Å². The van der Waals surface area contributed by atoms with Crippen LogP contribution in [0.1, 0.15) is 24.8 Å². The molecule has 0 saturated carbocycles. The van der Waals surface area contributed by atoms with Crippen molar-refractivity contribution in [3.63, 3.8) is 0 Å².